The van der Waals surface area contributed by atoms with Crippen molar-refractivity contribution in [3.8, 4) is 0 Å². The van der Waals surface area contributed by atoms with Gasteiger partial charge in [0.15, 0.2) is 0 Å². The maximum Gasteiger partial charge on any atom is 0.0931 e. The lowest BCUT2D eigenvalue weighted by Gasteiger charge is -2.35. The Kier molecular flexibility index (Phi) is 7.04. The average Bonchev–Trinajstić information content (AvgIpc) is 2.28. The number of hydrogen-bond donors (Lipinski definition) is 1. The largest absolute Gasteiger partial charge is 0.382 e. The van der Waals surface area contributed by atoms with Crippen molar-refractivity contribution in [3.05, 3.63) is 0 Å². The first-order valence-electron chi connectivity index (χ1n) is 6.65. The Labute approximate surface area is 106 Å². The molecule has 1 aliphatic heterocycles. The smallest absolute Gasteiger partial charge is 0.0931 e. The summed E-state index contributed by atoms with van der Waals surface area (Å²) in [5.41, 5.74) is 0. The van der Waals surface area contributed by atoms with E-state index in [-0.39, 0.29) is 6.10 Å². The second-order valence-electron chi connectivity index (χ2n) is 5.23. The molecular weight excluding hydrogens is 216 g/mol. The highest BCUT2D eigenvalue weighted by Crippen LogP contribution is 2.11. The third-order valence-corrected chi connectivity index (χ3v) is 3.22. The summed E-state index contributed by atoms with van der Waals surface area (Å²) in [6.45, 7) is 8.38. The van der Waals surface area contributed by atoms with Crippen LogP contribution in [0.5, 0.6) is 0 Å². The first-order chi connectivity index (χ1) is 8.15. The van der Waals surface area contributed by atoms with Crippen LogP contribution >= 0.6 is 0 Å². The molecule has 0 aromatic rings. The van der Waals surface area contributed by atoms with Crippen LogP contribution in [0.25, 0.3) is 0 Å². The minimum atomic E-state index is 0.192. The van der Waals surface area contributed by atoms with Gasteiger partial charge < -0.3 is 14.8 Å². The summed E-state index contributed by atoms with van der Waals surface area (Å²) in [6.07, 6.45) is 2.75. The Morgan fingerprint density at radius 3 is 2.71 bits per heavy atom. The van der Waals surface area contributed by atoms with Crippen molar-refractivity contribution >= 4 is 0 Å². The standard InChI is InChI=1S/C13H28N2O2/c1-11(2)14-12-6-5-7-15(8-12)9-13(17-4)10-16-3/h11-14H,5-10H2,1-4H3. The quantitative estimate of drug-likeness (QED) is 0.727. The summed E-state index contributed by atoms with van der Waals surface area (Å²) in [4.78, 5) is 2.48. The maximum atomic E-state index is 5.42. The SMILES string of the molecule is COCC(CN1CCCC(NC(C)C)C1)OC. The third kappa shape index (κ3) is 5.82. The molecule has 4 nitrogen and oxygen atoms in total. The van der Waals surface area contributed by atoms with Gasteiger partial charge in [0.2, 0.25) is 0 Å². The fraction of sp³-hybridized carbons (Fsp3) is 1.00. The van der Waals surface area contributed by atoms with E-state index in [0.29, 0.717) is 18.7 Å². The van der Waals surface area contributed by atoms with Gasteiger partial charge in [-0.15, -0.1) is 0 Å². The fourth-order valence-corrected chi connectivity index (χ4v) is 2.50. The second kappa shape index (κ2) is 8.03. The summed E-state index contributed by atoms with van der Waals surface area (Å²) in [5, 5.41) is 3.62. The predicted molar refractivity (Wildman–Crippen MR) is 70.4 cm³/mol. The zero-order valence-corrected chi connectivity index (χ0v) is 11.7. The van der Waals surface area contributed by atoms with Crippen LogP contribution in [0.2, 0.25) is 0 Å². The van der Waals surface area contributed by atoms with Gasteiger partial charge in [0.1, 0.15) is 0 Å². The lowest BCUT2D eigenvalue weighted by atomic mass is 10.0. The molecule has 0 amide bonds. The molecule has 1 rings (SSSR count). The van der Waals surface area contributed by atoms with Crippen LogP contribution in [0.3, 0.4) is 0 Å². The monoisotopic (exact) mass is 244 g/mol. The van der Waals surface area contributed by atoms with Gasteiger partial charge in [-0.3, -0.25) is 4.90 Å². The Hall–Kier alpha value is -0.160. The average molecular weight is 244 g/mol. The number of methoxy groups -OCH3 is 2. The van der Waals surface area contributed by atoms with Crippen molar-refractivity contribution in [2.75, 3.05) is 40.5 Å². The van der Waals surface area contributed by atoms with Crippen molar-refractivity contribution in [2.45, 2.75) is 44.9 Å². The molecule has 1 fully saturated rings. The van der Waals surface area contributed by atoms with Crippen LogP contribution < -0.4 is 5.32 Å². The van der Waals surface area contributed by atoms with Crippen LogP contribution in [-0.2, 0) is 9.47 Å². The Balaban J connectivity index is 2.32. The van der Waals surface area contributed by atoms with Crippen LogP contribution in [-0.4, -0.2) is 63.5 Å². The molecule has 0 aromatic carbocycles. The lowest BCUT2D eigenvalue weighted by molar-refractivity contribution is 0.000186. The van der Waals surface area contributed by atoms with Crippen LogP contribution in [0, 0.1) is 0 Å². The van der Waals surface area contributed by atoms with E-state index >= 15 is 0 Å². The highest BCUT2D eigenvalue weighted by atomic mass is 16.5. The van der Waals surface area contributed by atoms with E-state index in [1.54, 1.807) is 14.2 Å². The van der Waals surface area contributed by atoms with Crippen LogP contribution in [0.15, 0.2) is 0 Å². The number of piperidine rings is 1. The summed E-state index contributed by atoms with van der Waals surface area (Å²) < 4.78 is 10.6. The second-order valence-corrected chi connectivity index (χ2v) is 5.23. The van der Waals surface area contributed by atoms with Gasteiger partial charge in [-0.1, -0.05) is 13.8 Å². The van der Waals surface area contributed by atoms with E-state index in [4.69, 9.17) is 9.47 Å². The molecule has 1 heterocycles. The van der Waals surface area contributed by atoms with E-state index in [2.05, 4.69) is 24.1 Å². The van der Waals surface area contributed by atoms with Crippen molar-refractivity contribution < 1.29 is 9.47 Å². The zero-order valence-electron chi connectivity index (χ0n) is 11.7. The van der Waals surface area contributed by atoms with Gasteiger partial charge in [0.05, 0.1) is 12.7 Å². The van der Waals surface area contributed by atoms with Gasteiger partial charge in [0, 0.05) is 39.4 Å². The molecule has 2 atom stereocenters. The molecule has 0 saturated carbocycles. The molecule has 102 valence electrons. The molecule has 17 heavy (non-hydrogen) atoms. The number of likely N-dealkylation sites (tertiary alicyclic amines) is 1. The highest BCUT2D eigenvalue weighted by molar-refractivity contribution is 4.80. The maximum absolute atomic E-state index is 5.42. The van der Waals surface area contributed by atoms with Crippen molar-refractivity contribution in [1.82, 2.24) is 10.2 Å². The molecule has 0 aliphatic carbocycles. The first kappa shape index (κ1) is 14.9. The number of hydrogen-bond acceptors (Lipinski definition) is 4. The number of ether oxygens (including phenoxy) is 2. The Morgan fingerprint density at radius 2 is 2.12 bits per heavy atom. The van der Waals surface area contributed by atoms with E-state index < -0.39 is 0 Å². The van der Waals surface area contributed by atoms with Crippen molar-refractivity contribution in [3.63, 3.8) is 0 Å². The van der Waals surface area contributed by atoms with Gasteiger partial charge in [0.25, 0.3) is 0 Å². The van der Waals surface area contributed by atoms with E-state index in [1.807, 2.05) is 0 Å². The summed E-state index contributed by atoms with van der Waals surface area (Å²) in [7, 11) is 3.49. The van der Waals surface area contributed by atoms with E-state index in [0.717, 1.165) is 13.1 Å². The molecular formula is C13H28N2O2. The zero-order chi connectivity index (χ0) is 12.7. The molecule has 0 radical (unpaired) electrons. The summed E-state index contributed by atoms with van der Waals surface area (Å²) in [5.74, 6) is 0. The van der Waals surface area contributed by atoms with E-state index in [1.165, 1.54) is 19.4 Å². The summed E-state index contributed by atoms with van der Waals surface area (Å²) >= 11 is 0. The van der Waals surface area contributed by atoms with Crippen LogP contribution in [0.1, 0.15) is 26.7 Å². The van der Waals surface area contributed by atoms with Gasteiger partial charge in [-0.2, -0.15) is 0 Å². The molecule has 2 unspecified atom stereocenters. The van der Waals surface area contributed by atoms with E-state index in [9.17, 15) is 0 Å². The minimum absolute atomic E-state index is 0.192. The Bertz CT molecular complexity index is 200. The molecule has 0 spiro atoms. The van der Waals surface area contributed by atoms with Gasteiger partial charge >= 0.3 is 0 Å². The van der Waals surface area contributed by atoms with Crippen molar-refractivity contribution in [1.29, 1.82) is 0 Å². The molecule has 0 aromatic heterocycles. The number of rotatable bonds is 7. The Morgan fingerprint density at radius 1 is 1.35 bits per heavy atom. The summed E-state index contributed by atoms with van der Waals surface area (Å²) in [6, 6.07) is 1.20. The number of nitrogens with zero attached hydrogens (tertiary/aromatic N) is 1. The minimum Gasteiger partial charge on any atom is -0.382 e. The lowest BCUT2D eigenvalue weighted by Crippen LogP contribution is -2.50. The van der Waals surface area contributed by atoms with Gasteiger partial charge in [-0.25, -0.2) is 0 Å². The van der Waals surface area contributed by atoms with Crippen molar-refractivity contribution in [2.24, 2.45) is 0 Å². The molecule has 1 saturated heterocycles. The first-order valence-corrected chi connectivity index (χ1v) is 6.65. The topological polar surface area (TPSA) is 33.7 Å². The fourth-order valence-electron chi connectivity index (χ4n) is 2.50. The molecule has 1 aliphatic rings. The van der Waals surface area contributed by atoms with Crippen LogP contribution in [0.4, 0.5) is 0 Å². The van der Waals surface area contributed by atoms with Gasteiger partial charge in [-0.05, 0) is 19.4 Å². The molecule has 1 N–H and O–H groups in total. The molecule has 4 heteroatoms. The predicted octanol–water partition coefficient (Wildman–Crippen LogP) is 1.11. The molecule has 0 bridgehead atoms. The normalized spacial score (nSPS) is 24.2. The number of nitrogens with one attached hydrogen (secondary N) is 1. The third-order valence-electron chi connectivity index (χ3n) is 3.22. The highest BCUT2D eigenvalue weighted by Gasteiger charge is 2.22.